The molecule has 1 aliphatic heterocycles. The van der Waals surface area contributed by atoms with E-state index in [2.05, 4.69) is 51.2 Å². The molecule has 0 spiro atoms. The summed E-state index contributed by atoms with van der Waals surface area (Å²) in [6.07, 6.45) is 0. The van der Waals surface area contributed by atoms with E-state index in [-0.39, 0.29) is 5.91 Å². The second-order valence-corrected chi connectivity index (χ2v) is 8.29. The molecule has 3 aromatic rings. The van der Waals surface area contributed by atoms with Crippen LogP contribution < -0.4 is 10.2 Å². The number of hydrogen-bond acceptors (Lipinski definition) is 3. The molecule has 5 heteroatoms. The van der Waals surface area contributed by atoms with Gasteiger partial charge in [0.05, 0.1) is 17.6 Å². The van der Waals surface area contributed by atoms with E-state index < -0.39 is 5.41 Å². The van der Waals surface area contributed by atoms with E-state index in [1.807, 2.05) is 33.8 Å². The minimum Gasteiger partial charge on any atom is -0.362 e. The van der Waals surface area contributed by atoms with Crippen molar-refractivity contribution in [1.82, 2.24) is 9.55 Å². The molecule has 1 aliphatic rings. The first-order valence-electron chi connectivity index (χ1n) is 9.44. The molecule has 1 N–H and O–H groups in total. The van der Waals surface area contributed by atoms with E-state index in [9.17, 15) is 4.79 Å². The van der Waals surface area contributed by atoms with Crippen LogP contribution in [0.25, 0.3) is 11.0 Å². The summed E-state index contributed by atoms with van der Waals surface area (Å²) in [4.78, 5) is 19.5. The number of nitrogens with zero attached hydrogens (tertiary/aromatic N) is 3. The highest BCUT2D eigenvalue weighted by Crippen LogP contribution is 2.29. The number of aromatic nitrogens is 2. The number of carbonyl (C=O) groups is 1. The summed E-state index contributed by atoms with van der Waals surface area (Å²) in [5.41, 5.74) is 4.90. The highest BCUT2D eigenvalue weighted by molar-refractivity contribution is 5.95. The van der Waals surface area contributed by atoms with E-state index in [4.69, 9.17) is 4.98 Å². The van der Waals surface area contributed by atoms with Crippen molar-refractivity contribution in [3.63, 3.8) is 0 Å². The van der Waals surface area contributed by atoms with E-state index in [0.717, 1.165) is 47.9 Å². The molecule has 0 saturated carbocycles. The molecule has 0 atom stereocenters. The van der Waals surface area contributed by atoms with Gasteiger partial charge in [0.1, 0.15) is 5.82 Å². The molecule has 0 fully saturated rings. The Morgan fingerprint density at radius 2 is 1.89 bits per heavy atom. The number of anilines is 2. The van der Waals surface area contributed by atoms with Gasteiger partial charge in [0.2, 0.25) is 5.91 Å². The summed E-state index contributed by atoms with van der Waals surface area (Å²) in [6.45, 7) is 10.4. The number of benzene rings is 2. The molecule has 1 amide bonds. The lowest BCUT2D eigenvalue weighted by Crippen LogP contribution is -2.34. The molecular formula is C22H26N4O. The van der Waals surface area contributed by atoms with Crippen LogP contribution in [0.15, 0.2) is 42.5 Å². The smallest absolute Gasteiger partial charge is 0.229 e. The molecule has 0 aliphatic carbocycles. The molecule has 140 valence electrons. The number of nitrogens with one attached hydrogen (secondary N) is 1. The fourth-order valence-corrected chi connectivity index (χ4v) is 3.44. The first-order chi connectivity index (χ1) is 12.8. The number of aryl methyl sites for hydroxylation is 1. The lowest BCUT2D eigenvalue weighted by molar-refractivity contribution is -0.123. The third kappa shape index (κ3) is 3.29. The number of para-hydroxylation sites is 2. The van der Waals surface area contributed by atoms with Crippen molar-refractivity contribution in [2.24, 2.45) is 5.41 Å². The second-order valence-electron chi connectivity index (χ2n) is 8.29. The molecule has 0 bridgehead atoms. The Kier molecular flexibility index (Phi) is 4.17. The fraction of sp³-hybridized carbons (Fsp3) is 0.364. The Balaban J connectivity index is 1.61. The largest absolute Gasteiger partial charge is 0.362 e. The van der Waals surface area contributed by atoms with Gasteiger partial charge in [-0.05, 0) is 36.8 Å². The van der Waals surface area contributed by atoms with E-state index in [1.54, 1.807) is 0 Å². The predicted molar refractivity (Wildman–Crippen MR) is 110 cm³/mol. The van der Waals surface area contributed by atoms with Crippen LogP contribution in [0.2, 0.25) is 0 Å². The number of fused-ring (bicyclic) bond motifs is 3. The minimum atomic E-state index is -0.418. The van der Waals surface area contributed by atoms with E-state index >= 15 is 0 Å². The van der Waals surface area contributed by atoms with Gasteiger partial charge in [0.25, 0.3) is 0 Å². The molecule has 2 heterocycles. The lowest BCUT2D eigenvalue weighted by Gasteiger charge is -2.30. The number of carbonyl (C=O) groups excluding carboxylic acids is 1. The summed E-state index contributed by atoms with van der Waals surface area (Å²) < 4.78 is 2.31. The maximum Gasteiger partial charge on any atom is 0.229 e. The fourth-order valence-electron chi connectivity index (χ4n) is 3.44. The average molecular weight is 362 g/mol. The van der Waals surface area contributed by atoms with Crippen molar-refractivity contribution in [2.75, 3.05) is 16.8 Å². The molecule has 2 aromatic carbocycles. The Morgan fingerprint density at radius 1 is 1.11 bits per heavy atom. The molecule has 5 nitrogen and oxygen atoms in total. The van der Waals surface area contributed by atoms with Crippen LogP contribution in [0.3, 0.4) is 0 Å². The van der Waals surface area contributed by atoms with Crippen LogP contribution in [0.1, 0.15) is 32.2 Å². The topological polar surface area (TPSA) is 50.2 Å². The Labute approximate surface area is 160 Å². The normalized spacial score (nSPS) is 14.3. The van der Waals surface area contributed by atoms with Gasteiger partial charge in [0.15, 0.2) is 0 Å². The van der Waals surface area contributed by atoms with Gasteiger partial charge in [-0.1, -0.05) is 39.0 Å². The van der Waals surface area contributed by atoms with Gasteiger partial charge < -0.3 is 14.8 Å². The third-order valence-corrected chi connectivity index (χ3v) is 5.18. The lowest BCUT2D eigenvalue weighted by atomic mass is 9.95. The average Bonchev–Trinajstić information content (AvgIpc) is 3.00. The van der Waals surface area contributed by atoms with Crippen molar-refractivity contribution < 1.29 is 4.79 Å². The van der Waals surface area contributed by atoms with Crippen molar-refractivity contribution in [1.29, 1.82) is 0 Å². The van der Waals surface area contributed by atoms with E-state index in [1.165, 1.54) is 5.52 Å². The zero-order valence-corrected chi connectivity index (χ0v) is 16.4. The van der Waals surface area contributed by atoms with Crippen LogP contribution in [0.4, 0.5) is 11.4 Å². The Hall–Kier alpha value is -2.82. The van der Waals surface area contributed by atoms with Crippen LogP contribution in [0.5, 0.6) is 0 Å². The first kappa shape index (κ1) is 17.6. The molecular weight excluding hydrogens is 336 g/mol. The first-order valence-corrected chi connectivity index (χ1v) is 9.44. The van der Waals surface area contributed by atoms with Crippen molar-refractivity contribution in [2.45, 2.75) is 40.8 Å². The number of imidazole rings is 1. The van der Waals surface area contributed by atoms with Gasteiger partial charge in [-0.15, -0.1) is 0 Å². The summed E-state index contributed by atoms with van der Waals surface area (Å²) in [7, 11) is 0. The van der Waals surface area contributed by atoms with Gasteiger partial charge in [0, 0.05) is 29.9 Å². The predicted octanol–water partition coefficient (Wildman–Crippen LogP) is 4.35. The van der Waals surface area contributed by atoms with Crippen molar-refractivity contribution in [3.05, 3.63) is 53.9 Å². The monoisotopic (exact) mass is 362 g/mol. The maximum atomic E-state index is 12.4. The zero-order valence-electron chi connectivity index (χ0n) is 16.4. The van der Waals surface area contributed by atoms with Gasteiger partial charge in [-0.3, -0.25) is 4.79 Å². The zero-order chi connectivity index (χ0) is 19.2. The van der Waals surface area contributed by atoms with Crippen molar-refractivity contribution >= 4 is 28.3 Å². The molecule has 0 unspecified atom stereocenters. The minimum absolute atomic E-state index is 0.0307. The highest BCUT2D eigenvalue weighted by atomic mass is 16.2. The summed E-state index contributed by atoms with van der Waals surface area (Å²) in [5, 5.41) is 3.08. The summed E-state index contributed by atoms with van der Waals surface area (Å²) in [6, 6.07) is 14.6. The van der Waals surface area contributed by atoms with Gasteiger partial charge in [-0.25, -0.2) is 4.98 Å². The number of hydrogen-bond donors (Lipinski definition) is 1. The van der Waals surface area contributed by atoms with Crippen molar-refractivity contribution in [3.8, 4) is 0 Å². The molecule has 27 heavy (non-hydrogen) atoms. The molecule has 0 radical (unpaired) electrons. The quantitative estimate of drug-likeness (QED) is 0.737. The summed E-state index contributed by atoms with van der Waals surface area (Å²) in [5.74, 6) is 1.12. The molecule has 4 rings (SSSR count). The van der Waals surface area contributed by atoms with Crippen LogP contribution >= 0.6 is 0 Å². The molecule has 1 aromatic heterocycles. The standard InChI is InChI=1S/C22H26N4O/c1-15-9-10-16(13-18(15)24-21(27)22(2,3)4)25-11-12-26-19-8-6-5-7-17(19)23-20(26)14-25/h5-10,13H,11-12,14H2,1-4H3,(H,24,27). The van der Waals surface area contributed by atoms with E-state index in [0.29, 0.717) is 0 Å². The SMILES string of the molecule is Cc1ccc(N2CCn3c(nc4ccccc43)C2)cc1NC(=O)C(C)(C)C. The van der Waals surface area contributed by atoms with Crippen LogP contribution in [-0.4, -0.2) is 22.0 Å². The number of rotatable bonds is 2. The second kappa shape index (κ2) is 6.41. The number of amides is 1. The Bertz CT molecular complexity index is 1010. The highest BCUT2D eigenvalue weighted by Gasteiger charge is 2.23. The molecule has 0 saturated heterocycles. The Morgan fingerprint density at radius 3 is 2.67 bits per heavy atom. The van der Waals surface area contributed by atoms with Gasteiger partial charge >= 0.3 is 0 Å². The summed E-state index contributed by atoms with van der Waals surface area (Å²) >= 11 is 0. The van der Waals surface area contributed by atoms with Crippen LogP contribution in [0, 0.1) is 12.3 Å². The third-order valence-electron chi connectivity index (χ3n) is 5.18. The van der Waals surface area contributed by atoms with Gasteiger partial charge in [-0.2, -0.15) is 0 Å². The maximum absolute atomic E-state index is 12.4. The van der Waals surface area contributed by atoms with Crippen LogP contribution in [-0.2, 0) is 17.9 Å².